The maximum atomic E-state index is 14.1. The number of benzene rings is 3. The van der Waals surface area contributed by atoms with Gasteiger partial charge in [0, 0.05) is 19.6 Å². The first-order chi connectivity index (χ1) is 17.1. The van der Waals surface area contributed by atoms with E-state index < -0.39 is 23.1 Å². The molecule has 1 aliphatic rings. The second kappa shape index (κ2) is 9.15. The van der Waals surface area contributed by atoms with Gasteiger partial charge in [0.25, 0.3) is 5.76 Å². The maximum Gasteiger partial charge on any atom is 0.453 e. The number of phenolic OH excluding ortho intramolecular Hbond substituents is 1. The Morgan fingerprint density at radius 1 is 1.03 bits per heavy atom. The lowest BCUT2D eigenvalue weighted by molar-refractivity contribution is -0.154. The largest absolute Gasteiger partial charge is 0.507 e. The molecule has 9 heteroatoms. The van der Waals surface area contributed by atoms with Crippen molar-refractivity contribution in [3.05, 3.63) is 76.1 Å². The molecule has 1 aromatic heterocycles. The maximum absolute atomic E-state index is 14.1. The molecule has 4 aromatic rings. The molecule has 0 aliphatic carbocycles. The quantitative estimate of drug-likeness (QED) is 0.367. The van der Waals surface area contributed by atoms with Crippen LogP contribution in [0.4, 0.5) is 13.2 Å². The van der Waals surface area contributed by atoms with E-state index in [1.165, 1.54) is 18.2 Å². The molecule has 0 spiro atoms. The molecule has 0 unspecified atom stereocenters. The number of aromatic hydroxyl groups is 1. The van der Waals surface area contributed by atoms with Gasteiger partial charge in [0.2, 0.25) is 11.2 Å². The van der Waals surface area contributed by atoms with Gasteiger partial charge >= 0.3 is 6.18 Å². The first-order valence-electron chi connectivity index (χ1n) is 11.5. The summed E-state index contributed by atoms with van der Waals surface area (Å²) in [6.07, 6.45) is -5.19. The van der Waals surface area contributed by atoms with E-state index >= 15 is 0 Å². The van der Waals surface area contributed by atoms with E-state index in [9.17, 15) is 23.1 Å². The van der Waals surface area contributed by atoms with Crippen molar-refractivity contribution in [2.24, 2.45) is 0 Å². The van der Waals surface area contributed by atoms with Gasteiger partial charge in [0.05, 0.1) is 23.2 Å². The third kappa shape index (κ3) is 4.64. The van der Waals surface area contributed by atoms with E-state index in [1.807, 2.05) is 30.9 Å². The zero-order valence-electron chi connectivity index (χ0n) is 19.6. The highest BCUT2D eigenvalue weighted by Gasteiger charge is 2.41. The van der Waals surface area contributed by atoms with E-state index in [0.29, 0.717) is 13.1 Å². The molecule has 2 atom stereocenters. The number of hydrogen-bond donors (Lipinski definition) is 1. The van der Waals surface area contributed by atoms with Crippen LogP contribution in [0.25, 0.3) is 21.7 Å². The highest BCUT2D eigenvalue weighted by atomic mass is 19.4. The number of ether oxygens (including phenoxy) is 2. The Kier molecular flexibility index (Phi) is 6.13. The molecule has 6 nitrogen and oxygen atoms in total. The third-order valence-corrected chi connectivity index (χ3v) is 6.17. The Morgan fingerprint density at radius 3 is 2.42 bits per heavy atom. The molecule has 0 amide bonds. The van der Waals surface area contributed by atoms with Crippen molar-refractivity contribution in [1.29, 1.82) is 0 Å². The van der Waals surface area contributed by atoms with Crippen molar-refractivity contribution in [3.8, 4) is 17.2 Å². The summed E-state index contributed by atoms with van der Waals surface area (Å²) in [5, 5.41) is 12.0. The Morgan fingerprint density at radius 2 is 1.72 bits per heavy atom. The number of phenols is 1. The van der Waals surface area contributed by atoms with Crippen LogP contribution >= 0.6 is 0 Å². The second-order valence-electron chi connectivity index (χ2n) is 9.09. The molecule has 5 rings (SSSR count). The summed E-state index contributed by atoms with van der Waals surface area (Å²) in [5.41, 5.74) is -1.18. The van der Waals surface area contributed by atoms with Crippen molar-refractivity contribution in [1.82, 2.24) is 4.90 Å². The Balaban J connectivity index is 1.62. The number of nitrogens with zero attached hydrogens (tertiary/aromatic N) is 1. The van der Waals surface area contributed by atoms with E-state index in [4.69, 9.17) is 13.9 Å². The van der Waals surface area contributed by atoms with Gasteiger partial charge in [-0.2, -0.15) is 13.2 Å². The molecule has 1 fully saturated rings. The molecular weight excluding hydrogens is 475 g/mol. The molecule has 36 heavy (non-hydrogen) atoms. The van der Waals surface area contributed by atoms with Crippen LogP contribution in [0.1, 0.15) is 25.2 Å². The highest BCUT2D eigenvalue weighted by Crippen LogP contribution is 2.40. The summed E-state index contributed by atoms with van der Waals surface area (Å²) in [6, 6.07) is 14.6. The average Bonchev–Trinajstić information content (AvgIpc) is 2.81. The van der Waals surface area contributed by atoms with Gasteiger partial charge < -0.3 is 19.0 Å². The van der Waals surface area contributed by atoms with Gasteiger partial charge in [-0.3, -0.25) is 9.69 Å². The SMILES string of the molecule is C[C@H]1CN(Cc2c(O)ccc3c(=O)c(Oc4ccc5ccccc5c4)c(C(F)(F)F)oc23)C[C@H](C)O1. The normalized spacial score (nSPS) is 19.1. The molecule has 2 heterocycles. The number of rotatable bonds is 4. The first-order valence-corrected chi connectivity index (χ1v) is 11.5. The van der Waals surface area contributed by atoms with E-state index in [1.54, 1.807) is 24.3 Å². The molecule has 1 saturated heterocycles. The minimum atomic E-state index is -5.01. The number of morpholine rings is 1. The fourth-order valence-electron chi connectivity index (χ4n) is 4.70. The van der Waals surface area contributed by atoms with Crippen LogP contribution in [-0.4, -0.2) is 35.3 Å². The van der Waals surface area contributed by atoms with Crippen LogP contribution in [0.5, 0.6) is 17.2 Å². The molecule has 188 valence electrons. The molecule has 0 saturated carbocycles. The van der Waals surface area contributed by atoms with Crippen molar-refractivity contribution < 1.29 is 32.2 Å². The Hall–Kier alpha value is -3.56. The average molecular weight is 499 g/mol. The van der Waals surface area contributed by atoms with Crippen LogP contribution < -0.4 is 10.2 Å². The topological polar surface area (TPSA) is 72.1 Å². The highest BCUT2D eigenvalue weighted by molar-refractivity contribution is 5.85. The monoisotopic (exact) mass is 499 g/mol. The summed E-state index contributed by atoms with van der Waals surface area (Å²) < 4.78 is 58.9. The van der Waals surface area contributed by atoms with Gasteiger partial charge in [-0.05, 0) is 48.9 Å². The minimum absolute atomic E-state index is 0.0705. The minimum Gasteiger partial charge on any atom is -0.507 e. The van der Waals surface area contributed by atoms with Gasteiger partial charge in [-0.15, -0.1) is 0 Å². The Labute approximate surface area is 204 Å². The van der Waals surface area contributed by atoms with Crippen molar-refractivity contribution in [2.75, 3.05) is 13.1 Å². The predicted molar refractivity (Wildman–Crippen MR) is 128 cm³/mol. The van der Waals surface area contributed by atoms with Gasteiger partial charge in [-0.25, -0.2) is 0 Å². The van der Waals surface area contributed by atoms with Crippen molar-refractivity contribution >= 4 is 21.7 Å². The lowest BCUT2D eigenvalue weighted by Crippen LogP contribution is -2.44. The molecule has 3 aromatic carbocycles. The summed E-state index contributed by atoms with van der Waals surface area (Å²) >= 11 is 0. The fourth-order valence-corrected chi connectivity index (χ4v) is 4.70. The zero-order valence-corrected chi connectivity index (χ0v) is 19.6. The molecule has 1 aliphatic heterocycles. The van der Waals surface area contributed by atoms with E-state index in [0.717, 1.165) is 10.8 Å². The smallest absolute Gasteiger partial charge is 0.453 e. The molecule has 1 N–H and O–H groups in total. The van der Waals surface area contributed by atoms with Crippen LogP contribution in [0.2, 0.25) is 0 Å². The van der Waals surface area contributed by atoms with Gasteiger partial charge in [0.1, 0.15) is 17.1 Å². The van der Waals surface area contributed by atoms with Gasteiger partial charge in [-0.1, -0.05) is 30.3 Å². The summed E-state index contributed by atoms with van der Waals surface area (Å²) in [4.78, 5) is 15.3. The van der Waals surface area contributed by atoms with Crippen molar-refractivity contribution in [2.45, 2.75) is 38.8 Å². The van der Waals surface area contributed by atoms with Crippen LogP contribution in [0.3, 0.4) is 0 Å². The predicted octanol–water partition coefficient (Wildman–Crippen LogP) is 6.07. The first kappa shape index (κ1) is 24.1. The Bertz CT molecular complexity index is 1490. The van der Waals surface area contributed by atoms with E-state index in [2.05, 4.69) is 0 Å². The lowest BCUT2D eigenvalue weighted by Gasteiger charge is -2.35. The zero-order chi connectivity index (χ0) is 25.6. The summed E-state index contributed by atoms with van der Waals surface area (Å²) in [6.45, 7) is 4.90. The molecule has 0 radical (unpaired) electrons. The third-order valence-electron chi connectivity index (χ3n) is 6.17. The number of alkyl halides is 3. The lowest BCUT2D eigenvalue weighted by atomic mass is 10.1. The summed E-state index contributed by atoms with van der Waals surface area (Å²) in [5.74, 6) is -2.69. The fraction of sp³-hybridized carbons (Fsp3) is 0.296. The number of halogens is 3. The van der Waals surface area contributed by atoms with Crippen LogP contribution in [-0.2, 0) is 17.5 Å². The van der Waals surface area contributed by atoms with Crippen molar-refractivity contribution in [3.63, 3.8) is 0 Å². The number of hydrogen-bond acceptors (Lipinski definition) is 6. The van der Waals surface area contributed by atoms with Crippen LogP contribution in [0.15, 0.2) is 63.8 Å². The van der Waals surface area contributed by atoms with Gasteiger partial charge in [0.15, 0.2) is 0 Å². The number of fused-ring (bicyclic) bond motifs is 2. The molecular formula is C27H24F3NO5. The molecule has 0 bridgehead atoms. The van der Waals surface area contributed by atoms with Crippen LogP contribution in [0, 0.1) is 0 Å². The second-order valence-corrected chi connectivity index (χ2v) is 9.09. The van der Waals surface area contributed by atoms with E-state index in [-0.39, 0.29) is 46.8 Å². The standard InChI is InChI=1S/C27H24F3NO5/c1-15-12-31(13-16(2)34-15)14-21-22(32)10-9-20-23(33)25(26(27(28,29)30)36-24(20)21)35-19-8-7-17-5-3-4-6-18(17)11-19/h3-11,15-16,32H,12-14H2,1-2H3/t15-,16-/m0/s1. The summed E-state index contributed by atoms with van der Waals surface area (Å²) in [7, 11) is 0.